The van der Waals surface area contributed by atoms with Crippen molar-refractivity contribution >= 4 is 5.91 Å². The van der Waals surface area contributed by atoms with E-state index in [1.807, 2.05) is 17.0 Å². The van der Waals surface area contributed by atoms with Gasteiger partial charge in [-0.1, -0.05) is 31.2 Å². The summed E-state index contributed by atoms with van der Waals surface area (Å²) < 4.78 is 14.8. The fraction of sp³-hybridized carbons (Fsp3) is 0.550. The lowest BCUT2D eigenvalue weighted by Gasteiger charge is -2.34. The van der Waals surface area contributed by atoms with Crippen LogP contribution in [0.5, 0.6) is 0 Å². The number of hydrogen-bond acceptors (Lipinski definition) is 5. The molecule has 1 atom stereocenters. The minimum Gasteiger partial charge on any atom is -0.336 e. The summed E-state index contributed by atoms with van der Waals surface area (Å²) in [5.41, 5.74) is 6.98. The van der Waals surface area contributed by atoms with E-state index in [-0.39, 0.29) is 17.8 Å². The Bertz CT molecular complexity index is 775. The molecule has 0 bridgehead atoms. The highest BCUT2D eigenvalue weighted by Gasteiger charge is 2.30. The first kappa shape index (κ1) is 20.4. The first-order valence-electron chi connectivity index (χ1n) is 9.86. The molecule has 1 aliphatic rings. The third kappa shape index (κ3) is 4.94. The minimum atomic E-state index is -0.223. The van der Waals surface area contributed by atoms with Crippen molar-refractivity contribution in [3.05, 3.63) is 47.5 Å². The molecule has 2 N–H and O–H groups in total. The summed E-state index contributed by atoms with van der Waals surface area (Å²) in [6.07, 6.45) is 2.55. The topological polar surface area (TPSA) is 80.3 Å². The maximum Gasteiger partial charge on any atom is 0.276 e. The van der Waals surface area contributed by atoms with Gasteiger partial charge in [-0.25, -0.2) is 4.39 Å². The smallest absolute Gasteiger partial charge is 0.276 e. The Morgan fingerprint density at radius 2 is 2.04 bits per heavy atom. The quantitative estimate of drug-likeness (QED) is 0.815. The number of aromatic nitrogens is 3. The Hall–Kier alpha value is -2.32. The molecule has 28 heavy (non-hydrogen) atoms. The molecule has 0 aliphatic carbocycles. The second-order valence-electron chi connectivity index (χ2n) is 7.67. The van der Waals surface area contributed by atoms with Crippen molar-refractivity contribution in [3.63, 3.8) is 0 Å². The molecule has 0 saturated carbocycles. The molecule has 1 unspecified atom stereocenters. The van der Waals surface area contributed by atoms with E-state index in [0.29, 0.717) is 37.8 Å². The SMILES string of the molecule is CC(C)C1CN(C(=O)c2cn(CCN)nn2)CCCN1Cc1ccc(F)cc1. The van der Waals surface area contributed by atoms with Crippen LogP contribution in [-0.2, 0) is 13.1 Å². The van der Waals surface area contributed by atoms with Crippen LogP contribution in [-0.4, -0.2) is 62.9 Å². The van der Waals surface area contributed by atoms with Gasteiger partial charge < -0.3 is 10.6 Å². The van der Waals surface area contributed by atoms with Crippen molar-refractivity contribution in [1.29, 1.82) is 0 Å². The Kier molecular flexibility index (Phi) is 6.74. The number of rotatable bonds is 6. The second-order valence-corrected chi connectivity index (χ2v) is 7.67. The molecule has 1 aromatic carbocycles. The average Bonchev–Trinajstić information content (AvgIpc) is 3.03. The molecule has 2 aromatic rings. The van der Waals surface area contributed by atoms with E-state index in [4.69, 9.17) is 5.73 Å². The fourth-order valence-electron chi connectivity index (χ4n) is 3.70. The predicted molar refractivity (Wildman–Crippen MR) is 105 cm³/mol. The third-order valence-electron chi connectivity index (χ3n) is 5.22. The largest absolute Gasteiger partial charge is 0.336 e. The summed E-state index contributed by atoms with van der Waals surface area (Å²) >= 11 is 0. The summed E-state index contributed by atoms with van der Waals surface area (Å²) in [7, 11) is 0. The molecule has 3 rings (SSSR count). The molecule has 1 saturated heterocycles. The van der Waals surface area contributed by atoms with Crippen LogP contribution < -0.4 is 5.73 Å². The van der Waals surface area contributed by atoms with Crippen molar-refractivity contribution in [2.75, 3.05) is 26.2 Å². The van der Waals surface area contributed by atoms with E-state index in [9.17, 15) is 9.18 Å². The van der Waals surface area contributed by atoms with E-state index in [2.05, 4.69) is 29.1 Å². The Morgan fingerprint density at radius 3 is 2.71 bits per heavy atom. The maximum atomic E-state index is 13.2. The van der Waals surface area contributed by atoms with Crippen molar-refractivity contribution in [1.82, 2.24) is 24.8 Å². The van der Waals surface area contributed by atoms with Crippen LogP contribution in [0.3, 0.4) is 0 Å². The number of benzene rings is 1. The molecular formula is C20H29FN6O. The van der Waals surface area contributed by atoms with Crippen LogP contribution >= 0.6 is 0 Å². The summed E-state index contributed by atoms with van der Waals surface area (Å²) in [6, 6.07) is 6.87. The summed E-state index contributed by atoms with van der Waals surface area (Å²) in [5.74, 6) is 0.0683. The number of halogens is 1. The number of carbonyl (C=O) groups is 1. The van der Waals surface area contributed by atoms with Crippen LogP contribution in [0.2, 0.25) is 0 Å². The van der Waals surface area contributed by atoms with E-state index in [1.165, 1.54) is 12.1 Å². The van der Waals surface area contributed by atoms with Crippen molar-refractivity contribution in [3.8, 4) is 0 Å². The lowest BCUT2D eigenvalue weighted by molar-refractivity contribution is 0.0696. The van der Waals surface area contributed by atoms with Gasteiger partial charge in [0.05, 0.1) is 12.7 Å². The third-order valence-corrected chi connectivity index (χ3v) is 5.22. The van der Waals surface area contributed by atoms with Crippen LogP contribution in [0.4, 0.5) is 4.39 Å². The van der Waals surface area contributed by atoms with Gasteiger partial charge in [0.1, 0.15) is 5.82 Å². The van der Waals surface area contributed by atoms with Gasteiger partial charge in [-0.3, -0.25) is 14.4 Å². The van der Waals surface area contributed by atoms with Gasteiger partial charge in [0.2, 0.25) is 0 Å². The van der Waals surface area contributed by atoms with E-state index < -0.39 is 0 Å². The van der Waals surface area contributed by atoms with E-state index in [1.54, 1.807) is 10.9 Å². The van der Waals surface area contributed by atoms with E-state index >= 15 is 0 Å². The number of nitrogens with zero attached hydrogens (tertiary/aromatic N) is 5. The Balaban J connectivity index is 1.72. The summed E-state index contributed by atoms with van der Waals surface area (Å²) in [5, 5.41) is 8.00. The number of nitrogens with two attached hydrogens (primary N) is 1. The summed E-state index contributed by atoms with van der Waals surface area (Å²) in [4.78, 5) is 17.2. The number of carbonyl (C=O) groups excluding carboxylic acids is 1. The van der Waals surface area contributed by atoms with Gasteiger partial charge in [0.15, 0.2) is 5.69 Å². The zero-order valence-electron chi connectivity index (χ0n) is 16.6. The molecular weight excluding hydrogens is 359 g/mol. The van der Waals surface area contributed by atoms with Crippen LogP contribution in [0.25, 0.3) is 0 Å². The molecule has 1 aliphatic heterocycles. The molecule has 0 radical (unpaired) electrons. The highest BCUT2D eigenvalue weighted by Crippen LogP contribution is 2.21. The zero-order chi connectivity index (χ0) is 20.1. The molecule has 152 valence electrons. The first-order chi connectivity index (χ1) is 13.5. The molecule has 0 spiro atoms. The van der Waals surface area contributed by atoms with Gasteiger partial charge in [-0.05, 0) is 30.0 Å². The van der Waals surface area contributed by atoms with Crippen LogP contribution in [0, 0.1) is 11.7 Å². The van der Waals surface area contributed by atoms with E-state index in [0.717, 1.165) is 25.1 Å². The zero-order valence-corrected chi connectivity index (χ0v) is 16.6. The predicted octanol–water partition coefficient (Wildman–Crippen LogP) is 1.75. The molecule has 2 heterocycles. The van der Waals surface area contributed by atoms with Crippen molar-refractivity contribution in [2.45, 2.75) is 39.4 Å². The maximum absolute atomic E-state index is 13.2. The van der Waals surface area contributed by atoms with Gasteiger partial charge in [-0.2, -0.15) is 0 Å². The van der Waals surface area contributed by atoms with Crippen LogP contribution in [0.15, 0.2) is 30.5 Å². The molecule has 7 nitrogen and oxygen atoms in total. The second kappa shape index (κ2) is 9.25. The average molecular weight is 388 g/mol. The standard InChI is InChI=1S/C20H29FN6O/c1-15(2)19-14-26(20(28)18-13-27(11-8-22)24-23-18)10-3-9-25(19)12-16-4-6-17(21)7-5-16/h4-7,13,15,19H,3,8-12,14,22H2,1-2H3. The van der Waals surface area contributed by atoms with Crippen LogP contribution in [0.1, 0.15) is 36.3 Å². The molecule has 1 fully saturated rings. The summed E-state index contributed by atoms with van der Waals surface area (Å²) in [6.45, 7) is 8.31. The van der Waals surface area contributed by atoms with Crippen molar-refractivity contribution in [2.24, 2.45) is 11.7 Å². The normalized spacial score (nSPS) is 18.5. The monoisotopic (exact) mass is 388 g/mol. The number of hydrogen-bond donors (Lipinski definition) is 1. The molecule has 1 amide bonds. The lowest BCUT2D eigenvalue weighted by atomic mass is 10.0. The van der Waals surface area contributed by atoms with Gasteiger partial charge >= 0.3 is 0 Å². The Labute approximate surface area is 165 Å². The minimum absolute atomic E-state index is 0.0856. The highest BCUT2D eigenvalue weighted by atomic mass is 19.1. The lowest BCUT2D eigenvalue weighted by Crippen LogP contribution is -2.45. The molecule has 1 aromatic heterocycles. The number of amides is 1. The van der Waals surface area contributed by atoms with Gasteiger partial charge in [0, 0.05) is 38.8 Å². The highest BCUT2D eigenvalue weighted by molar-refractivity contribution is 5.92. The van der Waals surface area contributed by atoms with Crippen molar-refractivity contribution < 1.29 is 9.18 Å². The van der Waals surface area contributed by atoms with Gasteiger partial charge in [0.25, 0.3) is 5.91 Å². The molecule has 8 heteroatoms. The first-order valence-corrected chi connectivity index (χ1v) is 9.86. The fourth-order valence-corrected chi connectivity index (χ4v) is 3.70. The van der Waals surface area contributed by atoms with Gasteiger partial charge in [-0.15, -0.1) is 5.10 Å². The Morgan fingerprint density at radius 1 is 1.29 bits per heavy atom.